The molecule has 7 nitrogen and oxygen atoms in total. The molecule has 1 aliphatic rings. The SMILES string of the molecule is CCN1CC(C(=O)Nc2snc(C)c2C(=O)O)CC1=O. The fraction of sp³-hybridized carbons (Fsp3) is 0.500. The van der Waals surface area contributed by atoms with Crippen LogP contribution in [0.3, 0.4) is 0 Å². The lowest BCUT2D eigenvalue weighted by Crippen LogP contribution is -2.28. The molecular weight excluding hydrogens is 282 g/mol. The first-order valence-corrected chi connectivity index (χ1v) is 6.99. The van der Waals surface area contributed by atoms with E-state index in [0.29, 0.717) is 18.8 Å². The second-order valence-corrected chi connectivity index (χ2v) is 5.37. The van der Waals surface area contributed by atoms with Crippen molar-refractivity contribution >= 4 is 34.3 Å². The Balaban J connectivity index is 2.10. The number of carbonyl (C=O) groups excluding carboxylic acids is 2. The monoisotopic (exact) mass is 297 g/mol. The Labute approximate surface area is 119 Å². The number of nitrogens with zero attached hydrogens (tertiary/aromatic N) is 2. The quantitative estimate of drug-likeness (QED) is 0.862. The summed E-state index contributed by atoms with van der Waals surface area (Å²) < 4.78 is 3.93. The van der Waals surface area contributed by atoms with Gasteiger partial charge in [-0.1, -0.05) is 0 Å². The Morgan fingerprint density at radius 2 is 2.25 bits per heavy atom. The molecule has 1 aliphatic heterocycles. The number of carboxylic acids is 1. The topological polar surface area (TPSA) is 99.6 Å². The van der Waals surface area contributed by atoms with Gasteiger partial charge in [-0.2, -0.15) is 4.37 Å². The predicted octanol–water partition coefficient (Wildman–Crippen LogP) is 0.957. The summed E-state index contributed by atoms with van der Waals surface area (Å²) in [7, 11) is 0. The van der Waals surface area contributed by atoms with Gasteiger partial charge in [-0.3, -0.25) is 9.59 Å². The number of carbonyl (C=O) groups is 3. The first kappa shape index (κ1) is 14.4. The normalized spacial score (nSPS) is 18.4. The van der Waals surface area contributed by atoms with Crippen molar-refractivity contribution in [2.45, 2.75) is 20.3 Å². The highest BCUT2D eigenvalue weighted by atomic mass is 32.1. The smallest absolute Gasteiger partial charge is 0.340 e. The third-order valence-electron chi connectivity index (χ3n) is 3.28. The summed E-state index contributed by atoms with van der Waals surface area (Å²) in [5, 5.41) is 11.9. The summed E-state index contributed by atoms with van der Waals surface area (Å²) >= 11 is 0.938. The fourth-order valence-corrected chi connectivity index (χ4v) is 2.97. The zero-order valence-electron chi connectivity index (χ0n) is 11.2. The van der Waals surface area contributed by atoms with Gasteiger partial charge in [-0.15, -0.1) is 0 Å². The van der Waals surface area contributed by atoms with Gasteiger partial charge in [0.15, 0.2) is 0 Å². The van der Waals surface area contributed by atoms with Gasteiger partial charge in [-0.05, 0) is 25.4 Å². The molecule has 2 rings (SSSR count). The molecule has 1 unspecified atom stereocenters. The van der Waals surface area contributed by atoms with Crippen molar-refractivity contribution in [3.63, 3.8) is 0 Å². The standard InChI is InChI=1S/C12H15N3O4S/c1-3-15-5-7(4-8(15)16)10(17)13-11-9(12(18)19)6(2)14-20-11/h7H,3-5H2,1-2H3,(H,13,17)(H,18,19). The van der Waals surface area contributed by atoms with Crippen LogP contribution in [0.5, 0.6) is 0 Å². The van der Waals surface area contributed by atoms with E-state index in [9.17, 15) is 14.4 Å². The number of aryl methyl sites for hydroxylation is 1. The summed E-state index contributed by atoms with van der Waals surface area (Å²) in [6, 6.07) is 0. The van der Waals surface area contributed by atoms with Crippen molar-refractivity contribution in [2.24, 2.45) is 5.92 Å². The maximum Gasteiger partial charge on any atom is 0.340 e. The zero-order valence-corrected chi connectivity index (χ0v) is 12.0. The van der Waals surface area contributed by atoms with Gasteiger partial charge >= 0.3 is 5.97 Å². The second-order valence-electron chi connectivity index (χ2n) is 4.60. The Kier molecular flexibility index (Phi) is 4.03. The van der Waals surface area contributed by atoms with Crippen LogP contribution < -0.4 is 5.32 Å². The van der Waals surface area contributed by atoms with Crippen LogP contribution in [-0.2, 0) is 9.59 Å². The number of likely N-dealkylation sites (tertiary alicyclic amines) is 1. The number of carboxylic acid groups (broad SMARTS) is 1. The molecule has 1 saturated heterocycles. The van der Waals surface area contributed by atoms with Crippen molar-refractivity contribution in [2.75, 3.05) is 18.4 Å². The molecule has 0 saturated carbocycles. The summed E-state index contributed by atoms with van der Waals surface area (Å²) in [4.78, 5) is 36.4. The van der Waals surface area contributed by atoms with Crippen molar-refractivity contribution in [1.82, 2.24) is 9.27 Å². The van der Waals surface area contributed by atoms with E-state index in [4.69, 9.17) is 5.11 Å². The Bertz CT molecular complexity index is 569. The second kappa shape index (κ2) is 5.58. The maximum atomic E-state index is 12.1. The minimum absolute atomic E-state index is 0.0139. The maximum absolute atomic E-state index is 12.1. The number of hydrogen-bond acceptors (Lipinski definition) is 5. The minimum Gasteiger partial charge on any atom is -0.478 e. The van der Waals surface area contributed by atoms with Crippen LogP contribution in [0.2, 0.25) is 0 Å². The summed E-state index contributed by atoms with van der Waals surface area (Å²) in [6.07, 6.45) is 0.167. The van der Waals surface area contributed by atoms with E-state index >= 15 is 0 Å². The van der Waals surface area contributed by atoms with Crippen molar-refractivity contribution < 1.29 is 19.5 Å². The summed E-state index contributed by atoms with van der Waals surface area (Å²) in [5.74, 6) is -1.94. The average molecular weight is 297 g/mol. The molecule has 1 atom stereocenters. The zero-order chi connectivity index (χ0) is 14.9. The number of rotatable bonds is 4. The van der Waals surface area contributed by atoms with Crippen molar-refractivity contribution in [3.8, 4) is 0 Å². The molecule has 20 heavy (non-hydrogen) atoms. The molecule has 1 aromatic heterocycles. The lowest BCUT2D eigenvalue weighted by Gasteiger charge is -2.13. The van der Waals surface area contributed by atoms with E-state index in [0.717, 1.165) is 11.5 Å². The average Bonchev–Trinajstić information content (AvgIpc) is 2.92. The molecule has 0 aromatic carbocycles. The molecule has 0 aliphatic carbocycles. The van der Waals surface area contributed by atoms with E-state index < -0.39 is 11.9 Å². The van der Waals surface area contributed by atoms with E-state index in [1.165, 1.54) is 0 Å². The van der Waals surface area contributed by atoms with Crippen molar-refractivity contribution in [3.05, 3.63) is 11.3 Å². The van der Waals surface area contributed by atoms with E-state index in [1.54, 1.807) is 11.8 Å². The van der Waals surface area contributed by atoms with Gasteiger partial charge in [-0.25, -0.2) is 4.79 Å². The van der Waals surface area contributed by atoms with Crippen LogP contribution in [0.1, 0.15) is 29.4 Å². The van der Waals surface area contributed by atoms with Gasteiger partial charge < -0.3 is 15.3 Å². The molecular formula is C12H15N3O4S. The van der Waals surface area contributed by atoms with E-state index in [-0.39, 0.29) is 28.8 Å². The first-order valence-electron chi connectivity index (χ1n) is 6.22. The van der Waals surface area contributed by atoms with Crippen LogP contribution >= 0.6 is 11.5 Å². The van der Waals surface area contributed by atoms with Gasteiger partial charge in [0.25, 0.3) is 0 Å². The highest BCUT2D eigenvalue weighted by Crippen LogP contribution is 2.26. The van der Waals surface area contributed by atoms with E-state index in [1.807, 2.05) is 6.92 Å². The molecule has 2 N–H and O–H groups in total. The van der Waals surface area contributed by atoms with Gasteiger partial charge in [0, 0.05) is 19.5 Å². The minimum atomic E-state index is -1.12. The summed E-state index contributed by atoms with van der Waals surface area (Å²) in [5.41, 5.74) is 0.385. The van der Waals surface area contributed by atoms with Gasteiger partial charge in [0.05, 0.1) is 11.6 Å². The number of anilines is 1. The first-order chi connectivity index (χ1) is 9.43. The molecule has 2 amide bonds. The Hall–Kier alpha value is -1.96. The molecule has 0 bridgehead atoms. The highest BCUT2D eigenvalue weighted by Gasteiger charge is 2.34. The van der Waals surface area contributed by atoms with Gasteiger partial charge in [0.2, 0.25) is 11.8 Å². The van der Waals surface area contributed by atoms with Gasteiger partial charge in [0.1, 0.15) is 10.6 Å². The largest absolute Gasteiger partial charge is 0.478 e. The number of hydrogen-bond donors (Lipinski definition) is 2. The number of nitrogens with one attached hydrogen (secondary N) is 1. The molecule has 108 valence electrons. The van der Waals surface area contributed by atoms with Crippen molar-refractivity contribution in [1.29, 1.82) is 0 Å². The van der Waals surface area contributed by atoms with Crippen LogP contribution in [0, 0.1) is 12.8 Å². The Morgan fingerprint density at radius 3 is 2.80 bits per heavy atom. The van der Waals surface area contributed by atoms with Crippen LogP contribution in [0.25, 0.3) is 0 Å². The van der Waals surface area contributed by atoms with Crippen LogP contribution in [-0.4, -0.2) is 45.3 Å². The number of aromatic carboxylic acids is 1. The number of amides is 2. The predicted molar refractivity (Wildman–Crippen MR) is 72.8 cm³/mol. The lowest BCUT2D eigenvalue weighted by molar-refractivity contribution is -0.128. The summed E-state index contributed by atoms with van der Waals surface area (Å²) in [6.45, 7) is 4.38. The van der Waals surface area contributed by atoms with Crippen LogP contribution in [0.15, 0.2) is 0 Å². The highest BCUT2D eigenvalue weighted by molar-refractivity contribution is 7.11. The fourth-order valence-electron chi connectivity index (χ4n) is 2.17. The molecule has 2 heterocycles. The molecule has 0 spiro atoms. The third kappa shape index (κ3) is 2.64. The number of aromatic nitrogens is 1. The lowest BCUT2D eigenvalue weighted by atomic mass is 10.1. The molecule has 8 heteroatoms. The van der Waals surface area contributed by atoms with E-state index in [2.05, 4.69) is 9.69 Å². The third-order valence-corrected chi connectivity index (χ3v) is 4.13. The van der Waals surface area contributed by atoms with Crippen LogP contribution in [0.4, 0.5) is 5.00 Å². The Morgan fingerprint density at radius 1 is 1.55 bits per heavy atom. The molecule has 0 radical (unpaired) electrons. The molecule has 1 aromatic rings. The molecule has 1 fully saturated rings.